The number of unbranched alkanes of at least 4 members (excludes halogenated alkanes) is 2. The van der Waals surface area contributed by atoms with Crippen molar-refractivity contribution in [3.05, 3.63) is 0 Å². The SMILES string of the molecule is CCCCCC1(OC(=O)O)CCCCC1. The van der Waals surface area contributed by atoms with Crippen LogP contribution in [0.25, 0.3) is 0 Å². The number of rotatable bonds is 5. The number of ether oxygens (including phenoxy) is 1. The van der Waals surface area contributed by atoms with E-state index in [4.69, 9.17) is 9.84 Å². The molecule has 88 valence electrons. The maximum absolute atomic E-state index is 10.7. The second-order valence-electron chi connectivity index (χ2n) is 4.57. The van der Waals surface area contributed by atoms with Gasteiger partial charge in [0.2, 0.25) is 0 Å². The Kier molecular flexibility index (Phi) is 4.92. The van der Waals surface area contributed by atoms with Crippen LogP contribution in [0.15, 0.2) is 0 Å². The van der Waals surface area contributed by atoms with Crippen LogP contribution in [0.3, 0.4) is 0 Å². The lowest BCUT2D eigenvalue weighted by atomic mass is 9.81. The van der Waals surface area contributed by atoms with E-state index in [9.17, 15) is 4.79 Å². The molecule has 0 amide bonds. The van der Waals surface area contributed by atoms with Crippen LogP contribution in [-0.2, 0) is 4.74 Å². The van der Waals surface area contributed by atoms with Crippen molar-refractivity contribution in [1.82, 2.24) is 0 Å². The summed E-state index contributed by atoms with van der Waals surface area (Å²) in [5, 5.41) is 8.77. The van der Waals surface area contributed by atoms with E-state index in [1.54, 1.807) is 0 Å². The zero-order chi connectivity index (χ0) is 11.1. The van der Waals surface area contributed by atoms with Gasteiger partial charge in [-0.1, -0.05) is 26.2 Å². The third-order valence-corrected chi connectivity index (χ3v) is 3.30. The molecule has 0 aromatic heterocycles. The fourth-order valence-corrected chi connectivity index (χ4v) is 2.48. The quantitative estimate of drug-likeness (QED) is 0.556. The first-order valence-corrected chi connectivity index (χ1v) is 6.10. The molecule has 0 aromatic rings. The summed E-state index contributed by atoms with van der Waals surface area (Å²) in [5.74, 6) is 0. The predicted octanol–water partition coefficient (Wildman–Crippen LogP) is 3.96. The van der Waals surface area contributed by atoms with Gasteiger partial charge in [-0.15, -0.1) is 0 Å². The first-order chi connectivity index (χ1) is 7.18. The highest BCUT2D eigenvalue weighted by Crippen LogP contribution is 2.36. The van der Waals surface area contributed by atoms with Gasteiger partial charge >= 0.3 is 6.16 Å². The second-order valence-corrected chi connectivity index (χ2v) is 4.57. The fourth-order valence-electron chi connectivity index (χ4n) is 2.48. The lowest BCUT2D eigenvalue weighted by Crippen LogP contribution is -2.36. The van der Waals surface area contributed by atoms with Crippen molar-refractivity contribution in [2.75, 3.05) is 0 Å². The Labute approximate surface area is 91.8 Å². The highest BCUT2D eigenvalue weighted by atomic mass is 16.7. The number of hydrogen-bond acceptors (Lipinski definition) is 2. The maximum Gasteiger partial charge on any atom is 0.506 e. The molecule has 0 aromatic carbocycles. The van der Waals surface area contributed by atoms with Crippen molar-refractivity contribution in [3.63, 3.8) is 0 Å². The van der Waals surface area contributed by atoms with E-state index in [2.05, 4.69) is 6.92 Å². The molecule has 0 radical (unpaired) electrons. The summed E-state index contributed by atoms with van der Waals surface area (Å²) in [7, 11) is 0. The van der Waals surface area contributed by atoms with Crippen molar-refractivity contribution in [3.8, 4) is 0 Å². The van der Waals surface area contributed by atoms with Crippen LogP contribution >= 0.6 is 0 Å². The Balaban J connectivity index is 2.46. The Morgan fingerprint density at radius 3 is 2.47 bits per heavy atom. The molecule has 3 heteroatoms. The fraction of sp³-hybridized carbons (Fsp3) is 0.917. The smallest absolute Gasteiger partial charge is 0.450 e. The van der Waals surface area contributed by atoms with Crippen molar-refractivity contribution in [2.45, 2.75) is 70.3 Å². The van der Waals surface area contributed by atoms with Gasteiger partial charge in [-0.3, -0.25) is 0 Å². The predicted molar refractivity (Wildman–Crippen MR) is 59.1 cm³/mol. The van der Waals surface area contributed by atoms with Crippen LogP contribution in [0.1, 0.15) is 64.7 Å². The van der Waals surface area contributed by atoms with Gasteiger partial charge in [0.25, 0.3) is 0 Å². The van der Waals surface area contributed by atoms with Crippen molar-refractivity contribution >= 4 is 6.16 Å². The van der Waals surface area contributed by atoms with Crippen LogP contribution in [-0.4, -0.2) is 16.9 Å². The van der Waals surface area contributed by atoms with E-state index < -0.39 is 6.16 Å². The van der Waals surface area contributed by atoms with Gasteiger partial charge in [0.05, 0.1) is 0 Å². The molecule has 1 N–H and O–H groups in total. The molecule has 1 fully saturated rings. The molecule has 3 nitrogen and oxygen atoms in total. The number of carbonyl (C=O) groups is 1. The molecule has 1 rings (SSSR count). The topological polar surface area (TPSA) is 46.5 Å². The highest BCUT2D eigenvalue weighted by Gasteiger charge is 2.35. The molecule has 15 heavy (non-hydrogen) atoms. The monoisotopic (exact) mass is 214 g/mol. The molecule has 0 unspecified atom stereocenters. The molecule has 1 aliphatic rings. The zero-order valence-corrected chi connectivity index (χ0v) is 9.63. The third kappa shape index (κ3) is 4.10. The molecule has 0 spiro atoms. The minimum Gasteiger partial charge on any atom is -0.450 e. The van der Waals surface area contributed by atoms with Gasteiger partial charge in [0.1, 0.15) is 5.60 Å². The van der Waals surface area contributed by atoms with Crippen LogP contribution < -0.4 is 0 Å². The number of hydrogen-bond donors (Lipinski definition) is 1. The van der Waals surface area contributed by atoms with Crippen molar-refractivity contribution in [1.29, 1.82) is 0 Å². The average Bonchev–Trinajstić information content (AvgIpc) is 2.18. The Morgan fingerprint density at radius 2 is 1.93 bits per heavy atom. The van der Waals surface area contributed by atoms with E-state index >= 15 is 0 Å². The lowest BCUT2D eigenvalue weighted by molar-refractivity contribution is -0.0480. The van der Waals surface area contributed by atoms with Crippen LogP contribution in [0, 0.1) is 0 Å². The highest BCUT2D eigenvalue weighted by molar-refractivity contribution is 5.57. The molecule has 0 atom stereocenters. The average molecular weight is 214 g/mol. The first kappa shape index (κ1) is 12.3. The zero-order valence-electron chi connectivity index (χ0n) is 9.63. The molecular weight excluding hydrogens is 192 g/mol. The minimum atomic E-state index is -1.10. The van der Waals surface area contributed by atoms with Crippen LogP contribution in [0.4, 0.5) is 4.79 Å². The van der Waals surface area contributed by atoms with Crippen LogP contribution in [0.2, 0.25) is 0 Å². The maximum atomic E-state index is 10.7. The van der Waals surface area contributed by atoms with E-state index in [1.165, 1.54) is 19.3 Å². The molecule has 0 saturated heterocycles. The largest absolute Gasteiger partial charge is 0.506 e. The molecule has 0 heterocycles. The summed E-state index contributed by atoms with van der Waals surface area (Å²) >= 11 is 0. The Hall–Kier alpha value is -0.730. The minimum absolute atomic E-state index is 0.348. The summed E-state index contributed by atoms with van der Waals surface area (Å²) in [6, 6.07) is 0. The standard InChI is InChI=1S/C12H22O3/c1-2-3-5-8-12(15-11(13)14)9-6-4-7-10-12/h2-10H2,1H3,(H,13,14). The van der Waals surface area contributed by atoms with Crippen molar-refractivity contribution in [2.24, 2.45) is 0 Å². The molecule has 1 saturated carbocycles. The normalized spacial score (nSPS) is 19.8. The van der Waals surface area contributed by atoms with Gasteiger partial charge in [0, 0.05) is 0 Å². The number of carboxylic acid groups (broad SMARTS) is 1. The second kappa shape index (κ2) is 5.99. The van der Waals surface area contributed by atoms with Gasteiger partial charge in [-0.2, -0.15) is 0 Å². The van der Waals surface area contributed by atoms with Gasteiger partial charge < -0.3 is 9.84 Å². The lowest BCUT2D eigenvalue weighted by Gasteiger charge is -2.35. The van der Waals surface area contributed by atoms with Gasteiger partial charge in [-0.25, -0.2) is 4.79 Å². The summed E-state index contributed by atoms with van der Waals surface area (Å²) in [6.07, 6.45) is 8.52. The Morgan fingerprint density at radius 1 is 1.27 bits per heavy atom. The first-order valence-electron chi connectivity index (χ1n) is 6.10. The molecule has 0 bridgehead atoms. The van der Waals surface area contributed by atoms with Crippen LogP contribution in [0.5, 0.6) is 0 Å². The van der Waals surface area contributed by atoms with Gasteiger partial charge in [-0.05, 0) is 38.5 Å². The molecular formula is C12H22O3. The van der Waals surface area contributed by atoms with E-state index in [-0.39, 0.29) is 5.60 Å². The van der Waals surface area contributed by atoms with E-state index in [0.717, 1.165) is 38.5 Å². The van der Waals surface area contributed by atoms with E-state index in [0.29, 0.717) is 0 Å². The molecule has 1 aliphatic carbocycles. The van der Waals surface area contributed by atoms with E-state index in [1.807, 2.05) is 0 Å². The third-order valence-electron chi connectivity index (χ3n) is 3.30. The summed E-state index contributed by atoms with van der Waals surface area (Å²) in [6.45, 7) is 2.16. The summed E-state index contributed by atoms with van der Waals surface area (Å²) in [5.41, 5.74) is -0.348. The summed E-state index contributed by atoms with van der Waals surface area (Å²) in [4.78, 5) is 10.7. The van der Waals surface area contributed by atoms with Gasteiger partial charge in [0.15, 0.2) is 0 Å². The molecule has 0 aliphatic heterocycles. The summed E-state index contributed by atoms with van der Waals surface area (Å²) < 4.78 is 5.14. The Bertz CT molecular complexity index is 195. The van der Waals surface area contributed by atoms with Crippen molar-refractivity contribution < 1.29 is 14.6 Å².